The molecule has 3 rings (SSSR count). The molecule has 116 valence electrons. The second-order valence-corrected chi connectivity index (χ2v) is 6.60. The van der Waals surface area contributed by atoms with E-state index in [9.17, 15) is 4.79 Å². The molecule has 2 N–H and O–H groups in total. The van der Waals surface area contributed by atoms with Gasteiger partial charge < -0.3 is 10.6 Å². The fourth-order valence-corrected chi connectivity index (χ4v) is 3.07. The summed E-state index contributed by atoms with van der Waals surface area (Å²) in [5, 5.41) is 9.39. The highest BCUT2D eigenvalue weighted by Gasteiger charge is 2.22. The number of anilines is 1. The molecular formula is C17H21N3OS. The van der Waals surface area contributed by atoms with Crippen LogP contribution >= 0.6 is 11.3 Å². The molecule has 1 heterocycles. The van der Waals surface area contributed by atoms with Crippen LogP contribution in [0.4, 0.5) is 5.13 Å². The Hall–Kier alpha value is -1.88. The second-order valence-electron chi connectivity index (χ2n) is 5.74. The zero-order valence-electron chi connectivity index (χ0n) is 12.8. The van der Waals surface area contributed by atoms with Crippen LogP contribution in [0.5, 0.6) is 0 Å². The fraction of sp³-hybridized carbons (Fsp3) is 0.412. The minimum atomic E-state index is 0.0366. The lowest BCUT2D eigenvalue weighted by Crippen LogP contribution is -2.21. The maximum Gasteiger partial charge on any atom is 0.216 e. The predicted molar refractivity (Wildman–Crippen MR) is 91.2 cm³/mol. The van der Waals surface area contributed by atoms with Crippen molar-refractivity contribution in [2.24, 2.45) is 0 Å². The van der Waals surface area contributed by atoms with E-state index in [-0.39, 0.29) is 5.91 Å². The van der Waals surface area contributed by atoms with E-state index in [0.29, 0.717) is 6.04 Å². The predicted octanol–water partition coefficient (Wildman–Crippen LogP) is 3.45. The van der Waals surface area contributed by atoms with E-state index in [1.165, 1.54) is 18.4 Å². The topological polar surface area (TPSA) is 54.0 Å². The Morgan fingerprint density at radius 1 is 1.32 bits per heavy atom. The summed E-state index contributed by atoms with van der Waals surface area (Å²) in [7, 11) is 0. The van der Waals surface area contributed by atoms with Crippen LogP contribution in [-0.2, 0) is 11.2 Å². The quantitative estimate of drug-likeness (QED) is 0.769. The van der Waals surface area contributed by atoms with Gasteiger partial charge in [0.05, 0.1) is 5.69 Å². The van der Waals surface area contributed by atoms with Crippen LogP contribution in [0.2, 0.25) is 0 Å². The van der Waals surface area contributed by atoms with E-state index >= 15 is 0 Å². The largest absolute Gasteiger partial charge is 0.359 e. The van der Waals surface area contributed by atoms with E-state index in [1.54, 1.807) is 18.3 Å². The minimum Gasteiger partial charge on any atom is -0.359 e. The number of rotatable bonds is 7. The van der Waals surface area contributed by atoms with Crippen molar-refractivity contribution in [1.82, 2.24) is 10.3 Å². The van der Waals surface area contributed by atoms with Gasteiger partial charge in [-0.1, -0.05) is 24.3 Å². The molecule has 0 unspecified atom stereocenters. The number of nitrogens with zero attached hydrogens (tertiary/aromatic N) is 1. The van der Waals surface area contributed by atoms with Crippen molar-refractivity contribution in [3.8, 4) is 11.3 Å². The van der Waals surface area contributed by atoms with Gasteiger partial charge in [0, 0.05) is 30.5 Å². The zero-order valence-corrected chi connectivity index (χ0v) is 13.6. The number of nitrogens with one attached hydrogen (secondary N) is 2. The first-order valence-corrected chi connectivity index (χ1v) is 8.64. The Bertz CT molecular complexity index is 632. The molecule has 1 aliphatic carbocycles. The molecule has 5 heteroatoms. The van der Waals surface area contributed by atoms with E-state index in [2.05, 4.69) is 45.3 Å². The van der Waals surface area contributed by atoms with Gasteiger partial charge in [-0.25, -0.2) is 4.98 Å². The van der Waals surface area contributed by atoms with Crippen LogP contribution in [0, 0.1) is 0 Å². The van der Waals surface area contributed by atoms with E-state index in [0.717, 1.165) is 35.8 Å². The summed E-state index contributed by atoms with van der Waals surface area (Å²) in [5.41, 5.74) is 3.49. The summed E-state index contributed by atoms with van der Waals surface area (Å²) in [6.07, 6.45) is 4.47. The Balaban J connectivity index is 1.54. The molecular weight excluding hydrogens is 294 g/mol. The molecule has 1 aliphatic rings. The third kappa shape index (κ3) is 4.31. The minimum absolute atomic E-state index is 0.0366. The number of amides is 1. The lowest BCUT2D eigenvalue weighted by Gasteiger charge is -2.04. The molecule has 2 aromatic rings. The number of carbonyl (C=O) groups excluding carboxylic acids is 1. The molecule has 4 nitrogen and oxygen atoms in total. The number of carbonyl (C=O) groups is 1. The third-order valence-corrected chi connectivity index (χ3v) is 4.45. The summed E-state index contributed by atoms with van der Waals surface area (Å²) >= 11 is 1.67. The molecule has 1 amide bonds. The first kappa shape index (κ1) is 15.0. The van der Waals surface area contributed by atoms with Crippen molar-refractivity contribution in [3.63, 3.8) is 0 Å². The van der Waals surface area contributed by atoms with Crippen LogP contribution in [0.25, 0.3) is 11.3 Å². The number of thiazole rings is 1. The van der Waals surface area contributed by atoms with Gasteiger partial charge in [0.1, 0.15) is 0 Å². The highest BCUT2D eigenvalue weighted by molar-refractivity contribution is 7.14. The number of hydrogen-bond acceptors (Lipinski definition) is 4. The van der Waals surface area contributed by atoms with Crippen LogP contribution in [-0.4, -0.2) is 23.5 Å². The van der Waals surface area contributed by atoms with Crippen LogP contribution in [0.3, 0.4) is 0 Å². The normalized spacial score (nSPS) is 13.9. The SMILES string of the molecule is CC(=O)NCCCc1ccc(-c2csc(NC3CC3)n2)cc1. The number of aryl methyl sites for hydroxylation is 1. The molecule has 0 radical (unpaired) electrons. The Morgan fingerprint density at radius 3 is 2.77 bits per heavy atom. The fourth-order valence-electron chi connectivity index (χ4n) is 2.27. The van der Waals surface area contributed by atoms with Gasteiger partial charge in [-0.15, -0.1) is 11.3 Å². The summed E-state index contributed by atoms with van der Waals surface area (Å²) in [5.74, 6) is 0.0366. The van der Waals surface area contributed by atoms with Gasteiger partial charge in [-0.3, -0.25) is 4.79 Å². The lowest BCUT2D eigenvalue weighted by atomic mass is 10.1. The van der Waals surface area contributed by atoms with E-state index < -0.39 is 0 Å². The maximum atomic E-state index is 10.8. The highest BCUT2D eigenvalue weighted by atomic mass is 32.1. The van der Waals surface area contributed by atoms with Gasteiger partial charge in [0.2, 0.25) is 5.91 Å². The van der Waals surface area contributed by atoms with E-state index in [1.807, 2.05) is 0 Å². The molecule has 1 saturated carbocycles. The molecule has 0 saturated heterocycles. The molecule has 1 aromatic carbocycles. The van der Waals surface area contributed by atoms with Crippen molar-refractivity contribution >= 4 is 22.4 Å². The van der Waals surface area contributed by atoms with Crippen molar-refractivity contribution in [1.29, 1.82) is 0 Å². The molecule has 1 aromatic heterocycles. The van der Waals surface area contributed by atoms with Gasteiger partial charge >= 0.3 is 0 Å². The maximum absolute atomic E-state index is 10.8. The molecule has 0 atom stereocenters. The monoisotopic (exact) mass is 315 g/mol. The van der Waals surface area contributed by atoms with Crippen LogP contribution < -0.4 is 10.6 Å². The highest BCUT2D eigenvalue weighted by Crippen LogP contribution is 2.29. The molecule has 0 spiro atoms. The molecule has 1 fully saturated rings. The first-order valence-electron chi connectivity index (χ1n) is 7.76. The zero-order chi connectivity index (χ0) is 15.4. The van der Waals surface area contributed by atoms with Gasteiger partial charge in [-0.2, -0.15) is 0 Å². The van der Waals surface area contributed by atoms with Gasteiger partial charge in [-0.05, 0) is 31.2 Å². The van der Waals surface area contributed by atoms with Gasteiger partial charge in [0.25, 0.3) is 0 Å². The lowest BCUT2D eigenvalue weighted by molar-refractivity contribution is -0.118. The van der Waals surface area contributed by atoms with Crippen LogP contribution in [0.15, 0.2) is 29.6 Å². The number of benzene rings is 1. The molecule has 0 bridgehead atoms. The second kappa shape index (κ2) is 6.92. The first-order chi connectivity index (χ1) is 10.7. The van der Waals surface area contributed by atoms with Gasteiger partial charge in [0.15, 0.2) is 5.13 Å². The smallest absolute Gasteiger partial charge is 0.216 e. The van der Waals surface area contributed by atoms with Crippen molar-refractivity contribution < 1.29 is 4.79 Å². The average Bonchev–Trinajstić information content (AvgIpc) is 3.20. The Labute approximate surface area is 135 Å². The Morgan fingerprint density at radius 2 is 2.09 bits per heavy atom. The van der Waals surface area contributed by atoms with Crippen molar-refractivity contribution in [2.45, 2.75) is 38.6 Å². The molecule has 22 heavy (non-hydrogen) atoms. The third-order valence-electron chi connectivity index (χ3n) is 3.68. The summed E-state index contributed by atoms with van der Waals surface area (Å²) < 4.78 is 0. The summed E-state index contributed by atoms with van der Waals surface area (Å²) in [6, 6.07) is 9.20. The summed E-state index contributed by atoms with van der Waals surface area (Å²) in [4.78, 5) is 15.5. The van der Waals surface area contributed by atoms with E-state index in [4.69, 9.17) is 0 Å². The molecule has 0 aliphatic heterocycles. The Kier molecular flexibility index (Phi) is 4.73. The standard InChI is InChI=1S/C17H21N3OS/c1-12(21)18-10-2-3-13-4-6-14(7-5-13)16-11-22-17(20-16)19-15-8-9-15/h4-7,11,15H,2-3,8-10H2,1H3,(H,18,21)(H,19,20). The average molecular weight is 315 g/mol. The van der Waals surface area contributed by atoms with Crippen molar-refractivity contribution in [3.05, 3.63) is 35.2 Å². The summed E-state index contributed by atoms with van der Waals surface area (Å²) in [6.45, 7) is 2.29. The van der Waals surface area contributed by atoms with Crippen molar-refractivity contribution in [2.75, 3.05) is 11.9 Å². The number of aromatic nitrogens is 1. The number of hydrogen-bond donors (Lipinski definition) is 2. The van der Waals surface area contributed by atoms with Crippen LogP contribution in [0.1, 0.15) is 31.7 Å².